The predicted octanol–water partition coefficient (Wildman–Crippen LogP) is 4.72. The molecule has 0 heterocycles. The van der Waals surface area contributed by atoms with E-state index >= 15 is 0 Å². The Hall–Kier alpha value is -4.34. The number of halogens is 3. The molecule has 0 aromatic heterocycles. The number of anilines is 2. The normalized spacial score (nSPS) is 10.9. The van der Waals surface area contributed by atoms with Gasteiger partial charge in [0, 0.05) is 29.0 Å². The second-order valence-electron chi connectivity index (χ2n) is 7.33. The Bertz CT molecular complexity index is 1190. The summed E-state index contributed by atoms with van der Waals surface area (Å²) in [5.74, 6) is -0.927. The highest BCUT2D eigenvalue weighted by Gasteiger charge is 2.30. The first-order chi connectivity index (χ1) is 16.7. The molecule has 0 aliphatic carbocycles. The molecule has 0 bridgehead atoms. The number of hydrogen-bond acceptors (Lipinski definition) is 4. The lowest BCUT2D eigenvalue weighted by Gasteiger charge is -2.11. The molecule has 0 aliphatic heterocycles. The minimum absolute atomic E-state index is 0.000491. The van der Waals surface area contributed by atoms with Gasteiger partial charge in [0.2, 0.25) is 0 Å². The van der Waals surface area contributed by atoms with Gasteiger partial charge in [0.15, 0.2) is 6.61 Å². The molecule has 0 radical (unpaired) electrons. The Kier molecular flexibility index (Phi) is 8.08. The molecule has 3 rings (SSSR count). The summed E-state index contributed by atoms with van der Waals surface area (Å²) >= 11 is 0. The van der Waals surface area contributed by atoms with Crippen molar-refractivity contribution in [2.45, 2.75) is 13.1 Å². The number of ether oxygens (including phenoxy) is 1. The van der Waals surface area contributed by atoms with Gasteiger partial charge in [-0.15, -0.1) is 0 Å². The summed E-state index contributed by atoms with van der Waals surface area (Å²) in [6.45, 7) is 1.90. The molecule has 3 amide bonds. The number of carbonyl (C=O) groups excluding carboxylic acids is 3. The van der Waals surface area contributed by atoms with Gasteiger partial charge in [-0.2, -0.15) is 13.2 Å². The molecule has 0 atom stereocenters. The maximum absolute atomic E-state index is 12.8. The maximum atomic E-state index is 12.8. The molecule has 0 unspecified atom stereocenters. The minimum atomic E-state index is -4.51. The van der Waals surface area contributed by atoms with Gasteiger partial charge >= 0.3 is 6.18 Å². The van der Waals surface area contributed by atoms with Crippen molar-refractivity contribution in [3.63, 3.8) is 0 Å². The van der Waals surface area contributed by atoms with Gasteiger partial charge in [-0.05, 0) is 73.7 Å². The summed E-state index contributed by atoms with van der Waals surface area (Å²) in [5.41, 5.74) is 0.444. The van der Waals surface area contributed by atoms with Gasteiger partial charge in [0.25, 0.3) is 17.7 Å². The molecule has 35 heavy (non-hydrogen) atoms. The average molecular weight is 485 g/mol. The molecule has 0 saturated carbocycles. The summed E-state index contributed by atoms with van der Waals surface area (Å²) in [6.07, 6.45) is -4.51. The van der Waals surface area contributed by atoms with E-state index in [9.17, 15) is 27.6 Å². The minimum Gasteiger partial charge on any atom is -0.484 e. The largest absolute Gasteiger partial charge is 0.484 e. The highest BCUT2D eigenvalue weighted by atomic mass is 19.4. The van der Waals surface area contributed by atoms with E-state index in [1.54, 1.807) is 24.3 Å². The third-order valence-corrected chi connectivity index (χ3v) is 4.70. The molecule has 3 aromatic carbocycles. The highest BCUT2D eigenvalue weighted by Crippen LogP contribution is 2.30. The summed E-state index contributed by atoms with van der Waals surface area (Å²) in [5, 5.41) is 7.74. The van der Waals surface area contributed by atoms with Crippen molar-refractivity contribution in [1.29, 1.82) is 0 Å². The Morgan fingerprint density at radius 1 is 0.800 bits per heavy atom. The number of hydrogen-bond donors (Lipinski definition) is 3. The van der Waals surface area contributed by atoms with E-state index in [4.69, 9.17) is 4.74 Å². The van der Waals surface area contributed by atoms with Crippen LogP contribution in [0.3, 0.4) is 0 Å². The van der Waals surface area contributed by atoms with E-state index in [1.165, 1.54) is 36.4 Å². The van der Waals surface area contributed by atoms with E-state index < -0.39 is 24.3 Å². The second kappa shape index (κ2) is 11.2. The lowest BCUT2D eigenvalue weighted by Crippen LogP contribution is -2.22. The predicted molar refractivity (Wildman–Crippen MR) is 124 cm³/mol. The molecule has 3 N–H and O–H groups in total. The van der Waals surface area contributed by atoms with Crippen LogP contribution in [0.5, 0.6) is 5.75 Å². The van der Waals surface area contributed by atoms with Crippen molar-refractivity contribution in [3.05, 3.63) is 89.5 Å². The van der Waals surface area contributed by atoms with Gasteiger partial charge in [-0.25, -0.2) is 0 Å². The fourth-order valence-corrected chi connectivity index (χ4v) is 2.99. The molecular weight excluding hydrogens is 463 g/mol. The number of nitrogens with one attached hydrogen (secondary N) is 3. The summed E-state index contributed by atoms with van der Waals surface area (Å²) in [4.78, 5) is 36.3. The SMILES string of the molecule is CCNC(=O)c1ccc(NC(=O)c2ccc(OCC(=O)Nc3cccc(C(F)(F)F)c3)cc2)cc1. The molecule has 7 nitrogen and oxygen atoms in total. The van der Waals surface area contributed by atoms with Gasteiger partial charge in [-0.1, -0.05) is 6.07 Å². The molecule has 0 fully saturated rings. The van der Waals surface area contributed by atoms with Crippen LogP contribution in [-0.4, -0.2) is 30.9 Å². The Morgan fingerprint density at radius 2 is 1.43 bits per heavy atom. The molecule has 0 aliphatic rings. The zero-order valence-electron chi connectivity index (χ0n) is 18.6. The Morgan fingerprint density at radius 3 is 2.06 bits per heavy atom. The van der Waals surface area contributed by atoms with Crippen LogP contribution >= 0.6 is 0 Å². The van der Waals surface area contributed by atoms with Crippen LogP contribution < -0.4 is 20.7 Å². The third-order valence-electron chi connectivity index (χ3n) is 4.70. The van der Waals surface area contributed by atoms with Crippen LogP contribution in [0.4, 0.5) is 24.5 Å². The smallest absolute Gasteiger partial charge is 0.416 e. The van der Waals surface area contributed by atoms with Crippen LogP contribution in [0.2, 0.25) is 0 Å². The number of amides is 3. The Labute approximate surface area is 199 Å². The number of benzene rings is 3. The summed E-state index contributed by atoms with van der Waals surface area (Å²) < 4.78 is 43.7. The summed E-state index contributed by atoms with van der Waals surface area (Å²) in [7, 11) is 0. The van der Waals surface area contributed by atoms with E-state index in [-0.39, 0.29) is 17.5 Å². The average Bonchev–Trinajstić information content (AvgIpc) is 2.83. The topological polar surface area (TPSA) is 96.5 Å². The number of rotatable bonds is 8. The van der Waals surface area contributed by atoms with Gasteiger partial charge < -0.3 is 20.7 Å². The quantitative estimate of drug-likeness (QED) is 0.430. The zero-order valence-corrected chi connectivity index (χ0v) is 18.6. The first kappa shape index (κ1) is 25.3. The highest BCUT2D eigenvalue weighted by molar-refractivity contribution is 6.04. The maximum Gasteiger partial charge on any atom is 0.416 e. The van der Waals surface area contributed by atoms with Crippen LogP contribution in [0.1, 0.15) is 33.2 Å². The van der Waals surface area contributed by atoms with Crippen molar-refractivity contribution in [3.8, 4) is 5.75 Å². The monoisotopic (exact) mass is 485 g/mol. The fourth-order valence-electron chi connectivity index (χ4n) is 2.99. The van der Waals surface area contributed by atoms with Gasteiger partial charge in [0.05, 0.1) is 5.56 Å². The van der Waals surface area contributed by atoms with Crippen molar-refractivity contribution < 1.29 is 32.3 Å². The van der Waals surface area contributed by atoms with E-state index in [1.807, 2.05) is 6.92 Å². The van der Waals surface area contributed by atoms with Crippen LogP contribution in [0.25, 0.3) is 0 Å². The number of alkyl halides is 3. The lowest BCUT2D eigenvalue weighted by atomic mass is 10.1. The van der Waals surface area contributed by atoms with Crippen LogP contribution in [0, 0.1) is 0 Å². The van der Waals surface area contributed by atoms with Crippen LogP contribution in [0.15, 0.2) is 72.8 Å². The van der Waals surface area contributed by atoms with E-state index in [0.29, 0.717) is 29.1 Å². The van der Waals surface area contributed by atoms with Crippen LogP contribution in [-0.2, 0) is 11.0 Å². The molecule has 3 aromatic rings. The fraction of sp³-hybridized carbons (Fsp3) is 0.160. The molecule has 0 saturated heterocycles. The zero-order chi connectivity index (χ0) is 25.4. The molecule has 10 heteroatoms. The molecular formula is C25H22F3N3O4. The van der Waals surface area contributed by atoms with Gasteiger partial charge in [0.1, 0.15) is 5.75 Å². The van der Waals surface area contributed by atoms with Crippen molar-refractivity contribution in [2.24, 2.45) is 0 Å². The van der Waals surface area contributed by atoms with Crippen molar-refractivity contribution in [2.75, 3.05) is 23.8 Å². The van der Waals surface area contributed by atoms with E-state index in [0.717, 1.165) is 12.1 Å². The first-order valence-electron chi connectivity index (χ1n) is 10.6. The first-order valence-corrected chi connectivity index (χ1v) is 10.6. The molecule has 0 spiro atoms. The summed E-state index contributed by atoms with van der Waals surface area (Å²) in [6, 6.07) is 16.7. The Balaban J connectivity index is 1.51. The second-order valence-corrected chi connectivity index (χ2v) is 7.33. The van der Waals surface area contributed by atoms with E-state index in [2.05, 4.69) is 16.0 Å². The van der Waals surface area contributed by atoms with Crippen molar-refractivity contribution >= 4 is 29.1 Å². The number of carbonyl (C=O) groups is 3. The van der Waals surface area contributed by atoms with Crippen molar-refractivity contribution in [1.82, 2.24) is 5.32 Å². The molecule has 182 valence electrons. The third kappa shape index (κ3) is 7.32. The lowest BCUT2D eigenvalue weighted by molar-refractivity contribution is -0.137. The standard InChI is InChI=1S/C25H22F3N3O4/c1-2-29-23(33)16-6-10-19(11-7-16)31-24(34)17-8-12-21(13-9-17)35-15-22(32)30-20-5-3-4-18(14-20)25(26,27)28/h3-14H,2,15H2,1H3,(H,29,33)(H,30,32)(H,31,34). The van der Waals surface area contributed by atoms with Gasteiger partial charge in [-0.3, -0.25) is 14.4 Å².